The lowest BCUT2D eigenvalue weighted by Gasteiger charge is -2.01. The number of imidazole rings is 1. The standard InChI is InChI=1S/C16H13N3O2/c20-19(21)15-9-5-4-8-13(15)10-14-11-17-16(18-14)12-6-2-1-3-7-12/h1-9,11H,10H2,(H,17,18). The smallest absolute Gasteiger partial charge is 0.272 e. The molecule has 0 atom stereocenters. The number of aromatic amines is 1. The van der Waals surface area contributed by atoms with Crippen molar-refractivity contribution in [2.75, 3.05) is 0 Å². The molecule has 0 fully saturated rings. The molecule has 5 heteroatoms. The normalized spacial score (nSPS) is 10.5. The van der Waals surface area contributed by atoms with Crippen LogP contribution in [0.25, 0.3) is 11.4 Å². The number of hydrogen-bond donors (Lipinski definition) is 1. The van der Waals surface area contributed by atoms with E-state index in [1.54, 1.807) is 24.4 Å². The highest BCUT2D eigenvalue weighted by Gasteiger charge is 2.13. The third-order valence-electron chi connectivity index (χ3n) is 3.24. The summed E-state index contributed by atoms with van der Waals surface area (Å²) < 4.78 is 0. The van der Waals surface area contributed by atoms with Crippen molar-refractivity contribution in [1.82, 2.24) is 9.97 Å². The summed E-state index contributed by atoms with van der Waals surface area (Å²) in [5.41, 5.74) is 2.65. The molecule has 0 radical (unpaired) electrons. The Morgan fingerprint density at radius 2 is 1.76 bits per heavy atom. The molecule has 0 aliphatic heterocycles. The molecule has 0 bridgehead atoms. The molecule has 0 aliphatic carbocycles. The second kappa shape index (κ2) is 5.58. The third-order valence-corrected chi connectivity index (χ3v) is 3.24. The van der Waals surface area contributed by atoms with Crippen molar-refractivity contribution in [2.45, 2.75) is 6.42 Å². The van der Waals surface area contributed by atoms with Gasteiger partial charge in [-0.25, -0.2) is 4.98 Å². The van der Waals surface area contributed by atoms with E-state index in [-0.39, 0.29) is 10.6 Å². The predicted molar refractivity (Wildman–Crippen MR) is 79.9 cm³/mol. The Hall–Kier alpha value is -2.95. The fourth-order valence-corrected chi connectivity index (χ4v) is 2.24. The zero-order valence-electron chi connectivity index (χ0n) is 11.2. The Bertz CT molecular complexity index is 766. The van der Waals surface area contributed by atoms with Gasteiger partial charge < -0.3 is 4.98 Å². The number of benzene rings is 2. The molecule has 104 valence electrons. The zero-order valence-corrected chi connectivity index (χ0v) is 11.2. The summed E-state index contributed by atoms with van der Waals surface area (Å²) in [5.74, 6) is 0.768. The van der Waals surface area contributed by atoms with Crippen LogP contribution in [0.4, 0.5) is 5.69 Å². The van der Waals surface area contributed by atoms with Crippen molar-refractivity contribution in [2.24, 2.45) is 0 Å². The maximum atomic E-state index is 11.0. The van der Waals surface area contributed by atoms with Gasteiger partial charge in [-0.1, -0.05) is 48.5 Å². The van der Waals surface area contributed by atoms with Gasteiger partial charge in [0.25, 0.3) is 5.69 Å². The molecule has 1 N–H and O–H groups in total. The van der Waals surface area contributed by atoms with Crippen molar-refractivity contribution in [1.29, 1.82) is 0 Å². The van der Waals surface area contributed by atoms with E-state index in [2.05, 4.69) is 9.97 Å². The lowest BCUT2D eigenvalue weighted by Crippen LogP contribution is -1.96. The Kier molecular flexibility index (Phi) is 3.47. The van der Waals surface area contributed by atoms with Crippen LogP contribution in [0.1, 0.15) is 11.3 Å². The van der Waals surface area contributed by atoms with Crippen LogP contribution in [0.15, 0.2) is 60.8 Å². The summed E-state index contributed by atoms with van der Waals surface area (Å²) in [4.78, 5) is 18.2. The number of nitrogens with one attached hydrogen (secondary N) is 1. The monoisotopic (exact) mass is 279 g/mol. The topological polar surface area (TPSA) is 71.8 Å². The molecule has 0 aliphatic rings. The molecule has 0 unspecified atom stereocenters. The van der Waals surface area contributed by atoms with Gasteiger partial charge in [-0.2, -0.15) is 0 Å². The Morgan fingerprint density at radius 3 is 2.52 bits per heavy atom. The SMILES string of the molecule is O=[N+]([O-])c1ccccc1Cc1cnc(-c2ccccc2)[nH]1. The average molecular weight is 279 g/mol. The molecule has 5 nitrogen and oxygen atoms in total. The van der Waals surface area contributed by atoms with Crippen LogP contribution >= 0.6 is 0 Å². The number of H-pyrrole nitrogens is 1. The minimum atomic E-state index is -0.357. The van der Waals surface area contributed by atoms with Crippen LogP contribution in [-0.2, 0) is 6.42 Å². The largest absolute Gasteiger partial charge is 0.342 e. The van der Waals surface area contributed by atoms with Gasteiger partial charge in [0, 0.05) is 35.5 Å². The molecule has 1 aromatic heterocycles. The van der Waals surface area contributed by atoms with Gasteiger partial charge in [-0.15, -0.1) is 0 Å². The van der Waals surface area contributed by atoms with Crippen LogP contribution < -0.4 is 0 Å². The van der Waals surface area contributed by atoms with E-state index in [4.69, 9.17) is 0 Å². The average Bonchev–Trinajstić information content (AvgIpc) is 2.97. The predicted octanol–water partition coefficient (Wildman–Crippen LogP) is 3.58. The number of rotatable bonds is 4. The highest BCUT2D eigenvalue weighted by atomic mass is 16.6. The maximum Gasteiger partial charge on any atom is 0.272 e. The number of nitro benzene ring substituents is 1. The van der Waals surface area contributed by atoms with Crippen molar-refractivity contribution in [3.05, 3.63) is 82.2 Å². The van der Waals surface area contributed by atoms with Gasteiger partial charge in [-0.05, 0) is 0 Å². The molecule has 2 aromatic carbocycles. The Morgan fingerprint density at radius 1 is 1.05 bits per heavy atom. The van der Waals surface area contributed by atoms with Crippen molar-refractivity contribution < 1.29 is 4.92 Å². The molecule has 0 saturated carbocycles. The highest BCUT2D eigenvalue weighted by Crippen LogP contribution is 2.22. The Labute approximate surface area is 121 Å². The van der Waals surface area contributed by atoms with E-state index >= 15 is 0 Å². The third kappa shape index (κ3) is 2.81. The van der Waals surface area contributed by atoms with Crippen LogP contribution in [0, 0.1) is 10.1 Å². The van der Waals surface area contributed by atoms with E-state index < -0.39 is 0 Å². The first kappa shape index (κ1) is 13.1. The van der Waals surface area contributed by atoms with Crippen LogP contribution in [0.2, 0.25) is 0 Å². The van der Waals surface area contributed by atoms with Crippen molar-refractivity contribution in [3.63, 3.8) is 0 Å². The minimum absolute atomic E-state index is 0.133. The molecule has 3 rings (SSSR count). The first-order valence-corrected chi connectivity index (χ1v) is 6.55. The summed E-state index contributed by atoms with van der Waals surface area (Å²) in [6.45, 7) is 0. The van der Waals surface area contributed by atoms with E-state index in [0.29, 0.717) is 12.0 Å². The number of para-hydroxylation sites is 1. The van der Waals surface area contributed by atoms with Crippen LogP contribution in [0.3, 0.4) is 0 Å². The van der Waals surface area contributed by atoms with E-state index in [1.807, 2.05) is 30.3 Å². The van der Waals surface area contributed by atoms with Gasteiger partial charge in [0.15, 0.2) is 0 Å². The molecule has 3 aromatic rings. The van der Waals surface area contributed by atoms with Gasteiger partial charge >= 0.3 is 0 Å². The maximum absolute atomic E-state index is 11.0. The fourth-order valence-electron chi connectivity index (χ4n) is 2.24. The number of nitro groups is 1. The van der Waals surface area contributed by atoms with Crippen LogP contribution in [0.5, 0.6) is 0 Å². The first-order valence-electron chi connectivity index (χ1n) is 6.55. The molecule has 0 saturated heterocycles. The van der Waals surface area contributed by atoms with E-state index in [0.717, 1.165) is 17.1 Å². The second-order valence-electron chi connectivity index (χ2n) is 4.69. The number of nitrogens with zero attached hydrogens (tertiary/aromatic N) is 2. The quantitative estimate of drug-likeness (QED) is 0.586. The molecule has 0 spiro atoms. The summed E-state index contributed by atoms with van der Waals surface area (Å²) in [6, 6.07) is 16.5. The van der Waals surface area contributed by atoms with Gasteiger partial charge in [0.1, 0.15) is 5.82 Å². The summed E-state index contributed by atoms with van der Waals surface area (Å²) >= 11 is 0. The zero-order chi connectivity index (χ0) is 14.7. The molecular formula is C16H13N3O2. The van der Waals surface area contributed by atoms with Gasteiger partial charge in [-0.3, -0.25) is 10.1 Å². The number of aromatic nitrogens is 2. The number of hydrogen-bond acceptors (Lipinski definition) is 3. The summed E-state index contributed by atoms with van der Waals surface area (Å²) in [7, 11) is 0. The van der Waals surface area contributed by atoms with E-state index in [9.17, 15) is 10.1 Å². The lowest BCUT2D eigenvalue weighted by atomic mass is 10.1. The second-order valence-corrected chi connectivity index (χ2v) is 4.69. The summed E-state index contributed by atoms with van der Waals surface area (Å²) in [6.07, 6.45) is 2.18. The summed E-state index contributed by atoms with van der Waals surface area (Å²) in [5, 5.41) is 11.0. The molecular weight excluding hydrogens is 266 g/mol. The van der Waals surface area contributed by atoms with E-state index in [1.165, 1.54) is 6.07 Å². The van der Waals surface area contributed by atoms with Crippen molar-refractivity contribution >= 4 is 5.69 Å². The van der Waals surface area contributed by atoms with Gasteiger partial charge in [0.2, 0.25) is 0 Å². The fraction of sp³-hybridized carbons (Fsp3) is 0.0625. The first-order chi connectivity index (χ1) is 10.2. The minimum Gasteiger partial charge on any atom is -0.342 e. The van der Waals surface area contributed by atoms with Gasteiger partial charge in [0.05, 0.1) is 4.92 Å². The molecule has 21 heavy (non-hydrogen) atoms. The molecule has 1 heterocycles. The highest BCUT2D eigenvalue weighted by molar-refractivity contribution is 5.55. The Balaban J connectivity index is 1.87. The van der Waals surface area contributed by atoms with Crippen molar-refractivity contribution in [3.8, 4) is 11.4 Å². The van der Waals surface area contributed by atoms with Crippen LogP contribution in [-0.4, -0.2) is 14.9 Å². The lowest BCUT2D eigenvalue weighted by molar-refractivity contribution is -0.385. The molecule has 0 amide bonds.